The molecule has 2 amide bonds. The molecule has 2 N–H and O–H groups in total. The van der Waals surface area contributed by atoms with Crippen LogP contribution in [0, 0.1) is 0 Å². The summed E-state index contributed by atoms with van der Waals surface area (Å²) in [5.41, 5.74) is 2.58. The predicted octanol–water partition coefficient (Wildman–Crippen LogP) is 2.19. The summed E-state index contributed by atoms with van der Waals surface area (Å²) in [6, 6.07) is 5.28. The average Bonchev–Trinajstić information content (AvgIpc) is 3.04. The quantitative estimate of drug-likeness (QED) is 0.900. The van der Waals surface area contributed by atoms with Gasteiger partial charge in [-0.15, -0.1) is 0 Å². The monoisotopic (exact) mass is 327 g/mol. The van der Waals surface area contributed by atoms with Crippen molar-refractivity contribution in [3.63, 3.8) is 0 Å². The Morgan fingerprint density at radius 2 is 1.96 bits per heavy atom. The van der Waals surface area contributed by atoms with Crippen molar-refractivity contribution in [3.05, 3.63) is 48.5 Å². The SMILES string of the molecule is CN(C)c1cnccc1NC(=O)N[C@@H]1CCO[C@H]1c1ccncc1. The Labute approximate surface area is 141 Å². The molecule has 7 heteroatoms. The third kappa shape index (κ3) is 3.62. The highest BCUT2D eigenvalue weighted by molar-refractivity contribution is 5.93. The Kier molecular flexibility index (Phi) is 4.90. The molecule has 3 rings (SSSR count). The lowest BCUT2D eigenvalue weighted by Gasteiger charge is -2.22. The Balaban J connectivity index is 1.67. The van der Waals surface area contributed by atoms with Gasteiger partial charge in [-0.1, -0.05) is 0 Å². The van der Waals surface area contributed by atoms with Gasteiger partial charge >= 0.3 is 6.03 Å². The molecule has 1 fully saturated rings. The fourth-order valence-electron chi connectivity index (χ4n) is 2.79. The van der Waals surface area contributed by atoms with Crippen molar-refractivity contribution in [2.24, 2.45) is 0 Å². The first-order valence-electron chi connectivity index (χ1n) is 7.85. The number of ether oxygens (including phenoxy) is 1. The zero-order valence-electron chi connectivity index (χ0n) is 13.8. The fraction of sp³-hybridized carbons (Fsp3) is 0.353. The number of pyridine rings is 2. The van der Waals surface area contributed by atoms with Crippen LogP contribution in [-0.2, 0) is 4.74 Å². The normalized spacial score (nSPS) is 19.8. The first-order valence-corrected chi connectivity index (χ1v) is 7.85. The van der Waals surface area contributed by atoms with E-state index in [2.05, 4.69) is 20.6 Å². The van der Waals surface area contributed by atoms with E-state index >= 15 is 0 Å². The van der Waals surface area contributed by atoms with E-state index in [1.54, 1.807) is 30.9 Å². The van der Waals surface area contributed by atoms with Gasteiger partial charge in [0.25, 0.3) is 0 Å². The Bertz CT molecular complexity index is 692. The van der Waals surface area contributed by atoms with Gasteiger partial charge in [-0.25, -0.2) is 4.79 Å². The highest BCUT2D eigenvalue weighted by Gasteiger charge is 2.31. The number of anilines is 2. The van der Waals surface area contributed by atoms with Gasteiger partial charge in [-0.05, 0) is 30.2 Å². The maximum Gasteiger partial charge on any atom is 0.319 e. The molecule has 0 radical (unpaired) electrons. The second kappa shape index (κ2) is 7.27. The molecule has 126 valence electrons. The molecule has 0 aromatic carbocycles. The minimum absolute atomic E-state index is 0.0722. The number of urea groups is 1. The van der Waals surface area contributed by atoms with Crippen LogP contribution in [0.4, 0.5) is 16.2 Å². The molecule has 2 aromatic heterocycles. The molecule has 7 nitrogen and oxygen atoms in total. The predicted molar refractivity (Wildman–Crippen MR) is 92.1 cm³/mol. The number of aromatic nitrogens is 2. The number of carbonyl (C=O) groups excluding carboxylic acids is 1. The third-order valence-electron chi connectivity index (χ3n) is 3.97. The summed E-state index contributed by atoms with van der Waals surface area (Å²) in [7, 11) is 3.81. The van der Waals surface area contributed by atoms with Crippen LogP contribution in [0.15, 0.2) is 43.0 Å². The Morgan fingerprint density at radius 3 is 2.71 bits per heavy atom. The van der Waals surface area contributed by atoms with Gasteiger partial charge in [0.2, 0.25) is 0 Å². The molecule has 2 aromatic rings. The van der Waals surface area contributed by atoms with Crippen molar-refractivity contribution >= 4 is 17.4 Å². The van der Waals surface area contributed by atoms with Crippen LogP contribution in [-0.4, -0.2) is 42.7 Å². The zero-order chi connectivity index (χ0) is 16.9. The van der Waals surface area contributed by atoms with Gasteiger partial charge in [-0.2, -0.15) is 0 Å². The smallest absolute Gasteiger partial charge is 0.319 e. The van der Waals surface area contributed by atoms with Crippen molar-refractivity contribution in [2.75, 3.05) is 30.9 Å². The van der Waals surface area contributed by atoms with Crippen LogP contribution in [0.5, 0.6) is 0 Å². The number of carbonyl (C=O) groups is 1. The zero-order valence-corrected chi connectivity index (χ0v) is 13.8. The molecule has 0 spiro atoms. The lowest BCUT2D eigenvalue weighted by Crippen LogP contribution is -2.39. The average molecular weight is 327 g/mol. The standard InChI is InChI=1S/C17H21N5O2/c1-22(2)15-11-19-9-5-13(15)20-17(23)21-14-6-10-24-16(14)12-3-7-18-8-4-12/h3-5,7-9,11,14,16H,6,10H2,1-2H3,(H2,19,20,21,23)/t14-,16+/m1/s1. The summed E-state index contributed by atoms with van der Waals surface area (Å²) in [6.07, 6.45) is 7.46. The second-order valence-corrected chi connectivity index (χ2v) is 5.85. The van der Waals surface area contributed by atoms with Gasteiger partial charge in [0.15, 0.2) is 0 Å². The van der Waals surface area contributed by atoms with Gasteiger partial charge in [0.05, 0.1) is 23.6 Å². The van der Waals surface area contributed by atoms with Crippen LogP contribution >= 0.6 is 0 Å². The molecular weight excluding hydrogens is 306 g/mol. The molecule has 1 saturated heterocycles. The Morgan fingerprint density at radius 1 is 1.21 bits per heavy atom. The van der Waals surface area contributed by atoms with E-state index in [9.17, 15) is 4.79 Å². The molecular formula is C17H21N5O2. The number of nitrogens with one attached hydrogen (secondary N) is 2. The van der Waals surface area contributed by atoms with E-state index in [4.69, 9.17) is 4.74 Å². The third-order valence-corrected chi connectivity index (χ3v) is 3.97. The van der Waals surface area contributed by atoms with Crippen molar-refractivity contribution in [1.82, 2.24) is 15.3 Å². The second-order valence-electron chi connectivity index (χ2n) is 5.85. The number of hydrogen-bond acceptors (Lipinski definition) is 5. The molecule has 0 aliphatic carbocycles. The molecule has 0 saturated carbocycles. The van der Waals surface area contributed by atoms with Gasteiger partial charge < -0.3 is 20.3 Å². The van der Waals surface area contributed by atoms with Gasteiger partial charge in [-0.3, -0.25) is 9.97 Å². The maximum atomic E-state index is 12.4. The molecule has 1 aliphatic rings. The molecule has 0 unspecified atom stereocenters. The van der Waals surface area contributed by atoms with Crippen LogP contribution in [0.2, 0.25) is 0 Å². The fourth-order valence-corrected chi connectivity index (χ4v) is 2.79. The Hall–Kier alpha value is -2.67. The summed E-state index contributed by atoms with van der Waals surface area (Å²) < 4.78 is 5.78. The highest BCUT2D eigenvalue weighted by Crippen LogP contribution is 2.29. The first-order chi connectivity index (χ1) is 11.6. The van der Waals surface area contributed by atoms with E-state index in [0.29, 0.717) is 12.3 Å². The maximum absolute atomic E-state index is 12.4. The van der Waals surface area contributed by atoms with E-state index in [0.717, 1.165) is 17.7 Å². The van der Waals surface area contributed by atoms with E-state index in [1.165, 1.54) is 0 Å². The van der Waals surface area contributed by atoms with Crippen LogP contribution in [0.25, 0.3) is 0 Å². The van der Waals surface area contributed by atoms with E-state index in [-0.39, 0.29) is 18.2 Å². The molecule has 1 aliphatic heterocycles. The topological polar surface area (TPSA) is 79.4 Å². The minimum Gasteiger partial charge on any atom is -0.375 e. The molecule has 0 bridgehead atoms. The van der Waals surface area contributed by atoms with Crippen molar-refractivity contribution in [1.29, 1.82) is 0 Å². The van der Waals surface area contributed by atoms with E-state index < -0.39 is 0 Å². The largest absolute Gasteiger partial charge is 0.375 e. The highest BCUT2D eigenvalue weighted by atomic mass is 16.5. The van der Waals surface area contributed by atoms with Crippen LogP contribution in [0.3, 0.4) is 0 Å². The van der Waals surface area contributed by atoms with Crippen molar-refractivity contribution < 1.29 is 9.53 Å². The van der Waals surface area contributed by atoms with Gasteiger partial charge in [0, 0.05) is 39.3 Å². The molecule has 2 atom stereocenters. The molecule has 3 heterocycles. The number of amides is 2. The van der Waals surface area contributed by atoms with Crippen molar-refractivity contribution in [2.45, 2.75) is 18.6 Å². The van der Waals surface area contributed by atoms with Crippen LogP contribution in [0.1, 0.15) is 18.1 Å². The lowest BCUT2D eigenvalue weighted by molar-refractivity contribution is 0.100. The van der Waals surface area contributed by atoms with E-state index in [1.807, 2.05) is 31.1 Å². The minimum atomic E-state index is -0.251. The summed E-state index contributed by atoms with van der Waals surface area (Å²) >= 11 is 0. The number of hydrogen-bond donors (Lipinski definition) is 2. The van der Waals surface area contributed by atoms with Crippen molar-refractivity contribution in [3.8, 4) is 0 Å². The van der Waals surface area contributed by atoms with Crippen LogP contribution < -0.4 is 15.5 Å². The summed E-state index contributed by atoms with van der Waals surface area (Å²) in [4.78, 5) is 22.4. The van der Waals surface area contributed by atoms with Gasteiger partial charge in [0.1, 0.15) is 6.10 Å². The summed E-state index contributed by atoms with van der Waals surface area (Å²) in [5.74, 6) is 0. The molecule has 24 heavy (non-hydrogen) atoms. The number of nitrogens with zero attached hydrogens (tertiary/aromatic N) is 3. The summed E-state index contributed by atoms with van der Waals surface area (Å²) in [5, 5.41) is 5.90. The lowest BCUT2D eigenvalue weighted by atomic mass is 10.0. The number of rotatable bonds is 4. The summed E-state index contributed by atoms with van der Waals surface area (Å²) in [6.45, 7) is 0.621. The first kappa shape index (κ1) is 16.2.